The molecule has 6 heteroatoms. The molecule has 1 N–H and O–H groups in total. The van der Waals surface area contributed by atoms with Gasteiger partial charge in [0.05, 0.1) is 6.26 Å². The summed E-state index contributed by atoms with van der Waals surface area (Å²) in [6.07, 6.45) is 4.34. The van der Waals surface area contributed by atoms with E-state index in [0.717, 1.165) is 51.2 Å². The summed E-state index contributed by atoms with van der Waals surface area (Å²) in [5, 5.41) is 2.85. The van der Waals surface area contributed by atoms with Crippen LogP contribution >= 0.6 is 0 Å². The van der Waals surface area contributed by atoms with Crippen molar-refractivity contribution in [1.82, 2.24) is 15.1 Å². The highest BCUT2D eigenvalue weighted by atomic mass is 16.3. The van der Waals surface area contributed by atoms with Crippen molar-refractivity contribution in [3.05, 3.63) is 24.2 Å². The number of nitrogens with zero attached hydrogens (tertiary/aromatic N) is 2. The normalized spacial score (nSPS) is 28.8. The van der Waals surface area contributed by atoms with Gasteiger partial charge in [0.15, 0.2) is 0 Å². The Morgan fingerprint density at radius 3 is 2.73 bits per heavy atom. The molecule has 1 aliphatic carbocycles. The van der Waals surface area contributed by atoms with Crippen molar-refractivity contribution in [1.29, 1.82) is 0 Å². The maximum atomic E-state index is 12.5. The Hall–Kier alpha value is -1.98. The molecule has 1 saturated carbocycles. The van der Waals surface area contributed by atoms with Crippen LogP contribution in [0, 0.1) is 5.92 Å². The minimum absolute atomic E-state index is 0.0462. The summed E-state index contributed by atoms with van der Waals surface area (Å²) >= 11 is 0. The van der Waals surface area contributed by atoms with Gasteiger partial charge in [-0.05, 0) is 31.4 Å². The van der Waals surface area contributed by atoms with Crippen LogP contribution < -0.4 is 5.32 Å². The molecule has 0 spiro atoms. The molecule has 0 unspecified atom stereocenters. The topological polar surface area (TPSA) is 65.8 Å². The maximum absolute atomic E-state index is 12.5. The summed E-state index contributed by atoms with van der Waals surface area (Å²) in [4.78, 5) is 28.1. The molecule has 2 atom stereocenters. The number of hydrogen-bond acceptors (Lipinski definition) is 3. The first-order valence-corrected chi connectivity index (χ1v) is 8.10. The minimum atomic E-state index is 0.0462. The predicted molar refractivity (Wildman–Crippen MR) is 79.3 cm³/mol. The standard InChI is InChI=1S/C16H21N3O3/c20-15(13-10-12(13)14-2-1-9-22-14)18-6-3-11(4-7-18)19-8-5-17-16(19)21/h1-2,9,11-13H,3-8,10H2,(H,17,21)/t12-,13+/m0/s1. The van der Waals surface area contributed by atoms with Crippen LogP contribution in [0.3, 0.4) is 0 Å². The molecule has 3 heterocycles. The Bertz CT molecular complexity index is 563. The monoisotopic (exact) mass is 303 g/mol. The number of rotatable bonds is 3. The molecule has 3 amide bonds. The number of amides is 3. The van der Waals surface area contributed by atoms with E-state index in [2.05, 4.69) is 5.32 Å². The number of urea groups is 1. The Kier molecular flexibility index (Phi) is 3.32. The number of furan rings is 1. The molecule has 2 aliphatic heterocycles. The number of hydrogen-bond donors (Lipinski definition) is 1. The van der Waals surface area contributed by atoms with E-state index >= 15 is 0 Å². The summed E-state index contributed by atoms with van der Waals surface area (Å²) < 4.78 is 5.40. The average molecular weight is 303 g/mol. The second kappa shape index (κ2) is 5.34. The van der Waals surface area contributed by atoms with Crippen LogP contribution in [0.5, 0.6) is 0 Å². The summed E-state index contributed by atoms with van der Waals surface area (Å²) in [6, 6.07) is 4.16. The lowest BCUT2D eigenvalue weighted by atomic mass is 10.0. The van der Waals surface area contributed by atoms with E-state index in [0.29, 0.717) is 0 Å². The molecule has 118 valence electrons. The third kappa shape index (κ3) is 2.36. The lowest BCUT2D eigenvalue weighted by Gasteiger charge is -2.36. The highest BCUT2D eigenvalue weighted by Crippen LogP contribution is 2.48. The van der Waals surface area contributed by atoms with Crippen LogP contribution in [-0.2, 0) is 4.79 Å². The largest absolute Gasteiger partial charge is 0.469 e. The fourth-order valence-electron chi connectivity index (χ4n) is 3.75. The van der Waals surface area contributed by atoms with E-state index in [-0.39, 0.29) is 29.8 Å². The Balaban J connectivity index is 1.31. The molecular weight excluding hydrogens is 282 g/mol. The lowest BCUT2D eigenvalue weighted by Crippen LogP contribution is -2.48. The molecule has 0 radical (unpaired) electrons. The summed E-state index contributed by atoms with van der Waals surface area (Å²) in [5.74, 6) is 1.55. The Morgan fingerprint density at radius 1 is 1.27 bits per heavy atom. The Labute approximate surface area is 129 Å². The van der Waals surface area contributed by atoms with Gasteiger partial charge in [-0.1, -0.05) is 0 Å². The lowest BCUT2D eigenvalue weighted by molar-refractivity contribution is -0.134. The first kappa shape index (κ1) is 13.7. The quantitative estimate of drug-likeness (QED) is 0.918. The third-order valence-electron chi connectivity index (χ3n) is 5.12. The van der Waals surface area contributed by atoms with Gasteiger partial charge >= 0.3 is 6.03 Å². The van der Waals surface area contributed by atoms with Gasteiger partial charge in [0.25, 0.3) is 0 Å². The summed E-state index contributed by atoms with van der Waals surface area (Å²) in [6.45, 7) is 3.05. The van der Waals surface area contributed by atoms with Gasteiger partial charge in [0.2, 0.25) is 5.91 Å². The van der Waals surface area contributed by atoms with Crippen LogP contribution in [0.1, 0.15) is 30.9 Å². The molecule has 22 heavy (non-hydrogen) atoms. The third-order valence-corrected chi connectivity index (χ3v) is 5.12. The van der Waals surface area contributed by atoms with Gasteiger partial charge in [0, 0.05) is 44.1 Å². The van der Waals surface area contributed by atoms with E-state index in [1.54, 1.807) is 6.26 Å². The zero-order chi connectivity index (χ0) is 15.1. The van der Waals surface area contributed by atoms with Crippen molar-refractivity contribution in [2.24, 2.45) is 5.92 Å². The smallest absolute Gasteiger partial charge is 0.317 e. The van der Waals surface area contributed by atoms with Crippen LogP contribution in [0.2, 0.25) is 0 Å². The van der Waals surface area contributed by atoms with Crippen LogP contribution in [-0.4, -0.2) is 54.0 Å². The van der Waals surface area contributed by atoms with Crippen molar-refractivity contribution in [3.63, 3.8) is 0 Å². The van der Waals surface area contributed by atoms with Crippen LogP contribution in [0.25, 0.3) is 0 Å². The number of nitrogens with one attached hydrogen (secondary N) is 1. The first-order chi connectivity index (χ1) is 10.7. The number of likely N-dealkylation sites (tertiary alicyclic amines) is 1. The molecule has 3 aliphatic rings. The fraction of sp³-hybridized carbons (Fsp3) is 0.625. The number of carbonyl (C=O) groups is 2. The molecule has 1 aromatic heterocycles. The molecule has 0 aromatic carbocycles. The van der Waals surface area contributed by atoms with E-state index in [1.807, 2.05) is 21.9 Å². The van der Waals surface area contributed by atoms with Crippen molar-refractivity contribution in [3.8, 4) is 0 Å². The number of carbonyl (C=O) groups excluding carboxylic acids is 2. The molecular formula is C16H21N3O3. The molecule has 1 aromatic rings. The van der Waals surface area contributed by atoms with Gasteiger partial charge in [-0.15, -0.1) is 0 Å². The van der Waals surface area contributed by atoms with Gasteiger partial charge < -0.3 is 19.5 Å². The van der Waals surface area contributed by atoms with Crippen LogP contribution in [0.4, 0.5) is 4.79 Å². The zero-order valence-electron chi connectivity index (χ0n) is 12.5. The van der Waals surface area contributed by atoms with Crippen LogP contribution in [0.15, 0.2) is 22.8 Å². The first-order valence-electron chi connectivity index (χ1n) is 8.10. The molecule has 6 nitrogen and oxygen atoms in total. The number of piperidine rings is 1. The zero-order valence-corrected chi connectivity index (χ0v) is 12.5. The predicted octanol–water partition coefficient (Wildman–Crippen LogP) is 1.40. The summed E-state index contributed by atoms with van der Waals surface area (Å²) in [7, 11) is 0. The van der Waals surface area contributed by atoms with Crippen molar-refractivity contribution in [2.75, 3.05) is 26.2 Å². The second-order valence-corrected chi connectivity index (χ2v) is 6.45. The Morgan fingerprint density at radius 2 is 2.09 bits per heavy atom. The van der Waals surface area contributed by atoms with Gasteiger partial charge in [-0.25, -0.2) is 4.79 Å². The highest BCUT2D eigenvalue weighted by molar-refractivity contribution is 5.83. The molecule has 0 bridgehead atoms. The molecule has 4 rings (SSSR count). The fourth-order valence-corrected chi connectivity index (χ4v) is 3.75. The highest BCUT2D eigenvalue weighted by Gasteiger charge is 2.48. The van der Waals surface area contributed by atoms with Crippen molar-refractivity contribution >= 4 is 11.9 Å². The van der Waals surface area contributed by atoms with E-state index < -0.39 is 0 Å². The minimum Gasteiger partial charge on any atom is -0.469 e. The van der Waals surface area contributed by atoms with Gasteiger partial charge in [0.1, 0.15) is 5.76 Å². The molecule has 2 saturated heterocycles. The van der Waals surface area contributed by atoms with Gasteiger partial charge in [-0.3, -0.25) is 4.79 Å². The van der Waals surface area contributed by atoms with E-state index in [4.69, 9.17) is 4.42 Å². The second-order valence-electron chi connectivity index (χ2n) is 6.45. The summed E-state index contributed by atoms with van der Waals surface area (Å²) in [5.41, 5.74) is 0. The van der Waals surface area contributed by atoms with Gasteiger partial charge in [-0.2, -0.15) is 0 Å². The molecule has 3 fully saturated rings. The average Bonchev–Trinajstić information content (AvgIpc) is 2.95. The van der Waals surface area contributed by atoms with Crippen molar-refractivity contribution < 1.29 is 14.0 Å². The SMILES string of the molecule is O=C([C@@H]1C[C@@H]1c1ccco1)N1CCC(N2CCNC2=O)CC1. The van der Waals surface area contributed by atoms with Crippen molar-refractivity contribution in [2.45, 2.75) is 31.2 Å². The van der Waals surface area contributed by atoms with E-state index in [9.17, 15) is 9.59 Å². The van der Waals surface area contributed by atoms with E-state index in [1.165, 1.54) is 0 Å². The maximum Gasteiger partial charge on any atom is 0.317 e.